The number of benzene rings is 2. The highest BCUT2D eigenvalue weighted by molar-refractivity contribution is 7.10. The van der Waals surface area contributed by atoms with Crippen LogP contribution in [0.3, 0.4) is 0 Å². The Bertz CT molecular complexity index is 1130. The fourth-order valence-electron chi connectivity index (χ4n) is 3.94. The van der Waals surface area contributed by atoms with Crippen LogP contribution in [0.4, 0.5) is 0 Å². The molecule has 1 aliphatic heterocycles. The number of fused-ring (bicyclic) bond motifs is 1. The van der Waals surface area contributed by atoms with E-state index < -0.39 is 0 Å². The SMILES string of the molecule is CCCN(CC(=O)N(Cc1ccc2c(c1)OCO2)Cc1sccc1C)C(=O)Cc1ccccc1. The van der Waals surface area contributed by atoms with E-state index in [2.05, 4.69) is 13.0 Å². The number of nitrogens with zero attached hydrogens (tertiary/aromatic N) is 2. The number of hydrogen-bond acceptors (Lipinski definition) is 5. The molecule has 2 aromatic carbocycles. The minimum atomic E-state index is -0.0691. The lowest BCUT2D eigenvalue weighted by Gasteiger charge is -2.28. The van der Waals surface area contributed by atoms with Crippen molar-refractivity contribution in [2.24, 2.45) is 0 Å². The lowest BCUT2D eigenvalue weighted by Crippen LogP contribution is -2.43. The van der Waals surface area contributed by atoms with Crippen molar-refractivity contribution in [3.05, 3.63) is 81.5 Å². The molecular weight excluding hydrogens is 448 g/mol. The first-order valence-electron chi connectivity index (χ1n) is 11.5. The molecule has 0 radical (unpaired) electrons. The lowest BCUT2D eigenvalue weighted by molar-refractivity contribution is -0.141. The fraction of sp³-hybridized carbons (Fsp3) is 0.333. The zero-order valence-electron chi connectivity index (χ0n) is 19.7. The van der Waals surface area contributed by atoms with Crippen molar-refractivity contribution < 1.29 is 19.1 Å². The van der Waals surface area contributed by atoms with Crippen LogP contribution >= 0.6 is 11.3 Å². The molecule has 3 aromatic rings. The van der Waals surface area contributed by atoms with Crippen LogP contribution in [-0.4, -0.2) is 41.5 Å². The van der Waals surface area contributed by atoms with E-state index in [1.54, 1.807) is 16.2 Å². The van der Waals surface area contributed by atoms with Crippen LogP contribution in [0.15, 0.2) is 60.0 Å². The Morgan fingerprint density at radius 1 is 0.912 bits per heavy atom. The summed E-state index contributed by atoms with van der Waals surface area (Å²) in [6, 6.07) is 17.5. The molecule has 0 atom stereocenters. The predicted octanol–water partition coefficient (Wildman–Crippen LogP) is 4.80. The molecule has 0 unspecified atom stereocenters. The molecule has 178 valence electrons. The Morgan fingerprint density at radius 2 is 1.71 bits per heavy atom. The molecule has 0 saturated carbocycles. The van der Waals surface area contributed by atoms with Gasteiger partial charge in [-0.15, -0.1) is 11.3 Å². The number of carbonyl (C=O) groups is 2. The summed E-state index contributed by atoms with van der Waals surface area (Å²) in [5, 5.41) is 2.04. The van der Waals surface area contributed by atoms with Crippen molar-refractivity contribution in [1.29, 1.82) is 0 Å². The van der Waals surface area contributed by atoms with Gasteiger partial charge in [0.15, 0.2) is 11.5 Å². The monoisotopic (exact) mass is 478 g/mol. The molecule has 0 saturated heterocycles. The van der Waals surface area contributed by atoms with Gasteiger partial charge < -0.3 is 19.3 Å². The molecule has 2 heterocycles. The Balaban J connectivity index is 1.50. The van der Waals surface area contributed by atoms with E-state index in [-0.39, 0.29) is 25.2 Å². The van der Waals surface area contributed by atoms with Gasteiger partial charge in [-0.1, -0.05) is 43.3 Å². The van der Waals surface area contributed by atoms with E-state index in [0.29, 0.717) is 31.8 Å². The molecule has 0 fully saturated rings. The van der Waals surface area contributed by atoms with Crippen molar-refractivity contribution in [3.63, 3.8) is 0 Å². The molecule has 4 rings (SSSR count). The number of amides is 2. The summed E-state index contributed by atoms with van der Waals surface area (Å²) in [5.41, 5.74) is 3.08. The second-order valence-corrected chi connectivity index (χ2v) is 9.44. The first-order valence-corrected chi connectivity index (χ1v) is 12.4. The quantitative estimate of drug-likeness (QED) is 0.420. The lowest BCUT2D eigenvalue weighted by atomic mass is 10.1. The maximum atomic E-state index is 13.5. The van der Waals surface area contributed by atoms with Gasteiger partial charge in [-0.25, -0.2) is 0 Å². The van der Waals surface area contributed by atoms with Gasteiger partial charge in [0.2, 0.25) is 18.6 Å². The summed E-state index contributed by atoms with van der Waals surface area (Å²) >= 11 is 1.64. The van der Waals surface area contributed by atoms with Crippen molar-refractivity contribution in [2.75, 3.05) is 19.9 Å². The van der Waals surface area contributed by atoms with Gasteiger partial charge in [0.05, 0.1) is 19.5 Å². The average molecular weight is 479 g/mol. The molecule has 0 N–H and O–H groups in total. The Hall–Kier alpha value is -3.32. The summed E-state index contributed by atoms with van der Waals surface area (Å²) < 4.78 is 10.9. The third-order valence-corrected chi connectivity index (χ3v) is 6.84. The molecule has 1 aliphatic rings. The van der Waals surface area contributed by atoms with E-state index in [0.717, 1.165) is 28.2 Å². The number of thiophene rings is 1. The number of aryl methyl sites for hydroxylation is 1. The topological polar surface area (TPSA) is 59.1 Å². The third kappa shape index (κ3) is 5.97. The van der Waals surface area contributed by atoms with E-state index in [1.807, 2.05) is 65.7 Å². The number of carbonyl (C=O) groups excluding carboxylic acids is 2. The van der Waals surface area contributed by atoms with E-state index in [1.165, 1.54) is 5.56 Å². The van der Waals surface area contributed by atoms with Crippen LogP contribution in [0.25, 0.3) is 0 Å². The van der Waals surface area contributed by atoms with Crippen molar-refractivity contribution >= 4 is 23.2 Å². The normalized spacial score (nSPS) is 11.9. The number of hydrogen-bond donors (Lipinski definition) is 0. The van der Waals surface area contributed by atoms with Gasteiger partial charge in [0, 0.05) is 18.0 Å². The van der Waals surface area contributed by atoms with Crippen molar-refractivity contribution in [2.45, 2.75) is 39.8 Å². The highest BCUT2D eigenvalue weighted by Crippen LogP contribution is 2.33. The van der Waals surface area contributed by atoms with Crippen LogP contribution in [0.2, 0.25) is 0 Å². The van der Waals surface area contributed by atoms with Gasteiger partial charge >= 0.3 is 0 Å². The summed E-state index contributed by atoms with van der Waals surface area (Å²) in [7, 11) is 0. The summed E-state index contributed by atoms with van der Waals surface area (Å²) in [4.78, 5) is 31.2. The molecule has 0 spiro atoms. The average Bonchev–Trinajstić information content (AvgIpc) is 3.47. The highest BCUT2D eigenvalue weighted by Gasteiger charge is 2.23. The molecule has 6 nitrogen and oxygen atoms in total. The predicted molar refractivity (Wildman–Crippen MR) is 133 cm³/mol. The number of rotatable bonds is 10. The molecule has 7 heteroatoms. The van der Waals surface area contributed by atoms with E-state index in [9.17, 15) is 9.59 Å². The standard InChI is InChI=1S/C27H30N2O4S/c1-3-12-28(26(30)15-21-7-5-4-6-8-21)18-27(31)29(17-25-20(2)11-13-34-25)16-22-9-10-23-24(14-22)33-19-32-23/h4-11,13-14H,3,12,15-19H2,1-2H3. The van der Waals surface area contributed by atoms with Gasteiger partial charge in [0.25, 0.3) is 0 Å². The molecular formula is C27H30N2O4S. The van der Waals surface area contributed by atoms with Crippen LogP contribution in [-0.2, 0) is 29.1 Å². The van der Waals surface area contributed by atoms with Crippen LogP contribution in [0.1, 0.15) is 34.9 Å². The Morgan fingerprint density at radius 3 is 2.44 bits per heavy atom. The van der Waals surface area contributed by atoms with Crippen molar-refractivity contribution in [3.8, 4) is 11.5 Å². The summed E-state index contributed by atoms with van der Waals surface area (Å²) in [5.74, 6) is 1.32. The second kappa shape index (κ2) is 11.2. The van der Waals surface area contributed by atoms with Crippen LogP contribution in [0.5, 0.6) is 11.5 Å². The summed E-state index contributed by atoms with van der Waals surface area (Å²) in [6.45, 7) is 5.84. The molecule has 0 bridgehead atoms. The molecule has 34 heavy (non-hydrogen) atoms. The highest BCUT2D eigenvalue weighted by atomic mass is 32.1. The largest absolute Gasteiger partial charge is 0.454 e. The molecule has 1 aromatic heterocycles. The van der Waals surface area contributed by atoms with Crippen LogP contribution in [0, 0.1) is 6.92 Å². The Labute approximate surface area is 204 Å². The zero-order chi connectivity index (χ0) is 23.9. The van der Waals surface area contributed by atoms with Gasteiger partial charge in [-0.05, 0) is 53.6 Å². The van der Waals surface area contributed by atoms with E-state index in [4.69, 9.17) is 9.47 Å². The maximum Gasteiger partial charge on any atom is 0.242 e. The third-order valence-electron chi connectivity index (χ3n) is 5.84. The van der Waals surface area contributed by atoms with Crippen LogP contribution < -0.4 is 9.47 Å². The van der Waals surface area contributed by atoms with Gasteiger partial charge in [-0.2, -0.15) is 0 Å². The van der Waals surface area contributed by atoms with Crippen molar-refractivity contribution in [1.82, 2.24) is 9.80 Å². The summed E-state index contributed by atoms with van der Waals surface area (Å²) in [6.07, 6.45) is 1.08. The van der Waals surface area contributed by atoms with Gasteiger partial charge in [-0.3, -0.25) is 9.59 Å². The minimum Gasteiger partial charge on any atom is -0.454 e. The minimum absolute atomic E-state index is 0.0308. The first-order chi connectivity index (χ1) is 16.5. The Kier molecular flexibility index (Phi) is 7.85. The zero-order valence-corrected chi connectivity index (χ0v) is 20.5. The smallest absolute Gasteiger partial charge is 0.242 e. The first kappa shape index (κ1) is 23.8. The number of ether oxygens (including phenoxy) is 2. The molecule has 2 amide bonds. The fourth-order valence-corrected chi connectivity index (χ4v) is 4.86. The van der Waals surface area contributed by atoms with E-state index >= 15 is 0 Å². The van der Waals surface area contributed by atoms with Gasteiger partial charge in [0.1, 0.15) is 0 Å². The second-order valence-electron chi connectivity index (χ2n) is 8.44. The maximum absolute atomic E-state index is 13.5. The molecule has 0 aliphatic carbocycles.